The van der Waals surface area contributed by atoms with Crippen LogP contribution in [0, 0.1) is 0 Å². The van der Waals surface area contributed by atoms with Gasteiger partial charge in [-0.1, -0.05) is 6.07 Å². The highest BCUT2D eigenvalue weighted by molar-refractivity contribution is 5.42. The second-order valence-electron chi connectivity index (χ2n) is 2.83. The van der Waals surface area contributed by atoms with Crippen LogP contribution in [0.25, 0.3) is 0 Å². The first-order valence-electron chi connectivity index (χ1n) is 3.79. The molecule has 0 aromatic carbocycles. The fourth-order valence-electron chi connectivity index (χ4n) is 1.28. The smallest absolute Gasteiger partial charge is 0.126 e. The van der Waals surface area contributed by atoms with Crippen LogP contribution < -0.4 is 11.1 Å². The van der Waals surface area contributed by atoms with Crippen LogP contribution in [-0.4, -0.2) is 18.1 Å². The number of aromatic nitrogens is 1. The lowest BCUT2D eigenvalue weighted by molar-refractivity contribution is 0.449. The van der Waals surface area contributed by atoms with E-state index in [1.165, 1.54) is 5.56 Å². The van der Waals surface area contributed by atoms with Crippen molar-refractivity contribution in [3.8, 4) is 0 Å². The van der Waals surface area contributed by atoms with E-state index in [9.17, 15) is 0 Å². The lowest BCUT2D eigenvalue weighted by Gasteiger charge is -2.27. The Balaban J connectivity index is 2.28. The minimum Gasteiger partial charge on any atom is -0.383 e. The van der Waals surface area contributed by atoms with E-state index in [0.717, 1.165) is 13.1 Å². The van der Waals surface area contributed by atoms with E-state index in [1.807, 2.05) is 12.1 Å². The summed E-state index contributed by atoms with van der Waals surface area (Å²) in [6.45, 7) is 2.08. The summed E-state index contributed by atoms with van der Waals surface area (Å²) >= 11 is 0. The van der Waals surface area contributed by atoms with Crippen LogP contribution in [0.1, 0.15) is 11.5 Å². The second kappa shape index (κ2) is 2.51. The lowest BCUT2D eigenvalue weighted by atomic mass is 9.94. The van der Waals surface area contributed by atoms with Gasteiger partial charge in [0.1, 0.15) is 5.82 Å². The number of nitrogens with one attached hydrogen (secondary N) is 1. The van der Waals surface area contributed by atoms with Crippen molar-refractivity contribution in [3.63, 3.8) is 0 Å². The Morgan fingerprint density at radius 2 is 2.36 bits per heavy atom. The lowest BCUT2D eigenvalue weighted by Crippen LogP contribution is -2.40. The number of pyridine rings is 1. The van der Waals surface area contributed by atoms with Crippen LogP contribution in [0.2, 0.25) is 0 Å². The van der Waals surface area contributed by atoms with E-state index in [2.05, 4.69) is 10.3 Å². The molecule has 0 aliphatic carbocycles. The fourth-order valence-corrected chi connectivity index (χ4v) is 1.28. The van der Waals surface area contributed by atoms with Gasteiger partial charge in [-0.15, -0.1) is 0 Å². The van der Waals surface area contributed by atoms with Crippen molar-refractivity contribution in [3.05, 3.63) is 23.9 Å². The minimum atomic E-state index is 0.587. The summed E-state index contributed by atoms with van der Waals surface area (Å²) in [4.78, 5) is 4.03. The Bertz CT molecular complexity index is 255. The van der Waals surface area contributed by atoms with Crippen LogP contribution in [-0.2, 0) is 0 Å². The molecule has 0 atom stereocenters. The molecule has 3 heteroatoms. The molecule has 1 saturated heterocycles. The first-order valence-corrected chi connectivity index (χ1v) is 3.79. The Hall–Kier alpha value is -1.09. The number of nitrogen functional groups attached to an aromatic ring is 1. The Morgan fingerprint density at radius 3 is 2.91 bits per heavy atom. The molecule has 2 rings (SSSR count). The molecule has 0 amide bonds. The van der Waals surface area contributed by atoms with Gasteiger partial charge in [-0.05, 0) is 11.6 Å². The SMILES string of the molecule is Nc1ncccc1C1CNC1. The van der Waals surface area contributed by atoms with E-state index >= 15 is 0 Å². The maximum atomic E-state index is 5.69. The van der Waals surface area contributed by atoms with Gasteiger partial charge in [-0.3, -0.25) is 0 Å². The van der Waals surface area contributed by atoms with Crippen molar-refractivity contribution >= 4 is 5.82 Å². The van der Waals surface area contributed by atoms with Crippen LogP contribution in [0.15, 0.2) is 18.3 Å². The maximum Gasteiger partial charge on any atom is 0.126 e. The first kappa shape index (κ1) is 6.61. The van der Waals surface area contributed by atoms with Crippen molar-refractivity contribution in [1.82, 2.24) is 10.3 Å². The van der Waals surface area contributed by atoms with E-state index < -0.39 is 0 Å². The first-order chi connectivity index (χ1) is 5.38. The third-order valence-electron chi connectivity index (χ3n) is 2.09. The summed E-state index contributed by atoms with van der Waals surface area (Å²) in [6, 6.07) is 3.98. The molecule has 2 heterocycles. The fraction of sp³-hybridized carbons (Fsp3) is 0.375. The molecule has 0 unspecified atom stereocenters. The molecule has 3 nitrogen and oxygen atoms in total. The van der Waals surface area contributed by atoms with Crippen molar-refractivity contribution in [2.45, 2.75) is 5.92 Å². The quantitative estimate of drug-likeness (QED) is 0.605. The third kappa shape index (κ3) is 1.07. The van der Waals surface area contributed by atoms with Gasteiger partial charge in [0.05, 0.1) is 0 Å². The zero-order valence-electron chi connectivity index (χ0n) is 6.25. The molecular formula is C8H11N3. The molecule has 58 valence electrons. The highest BCUT2D eigenvalue weighted by Gasteiger charge is 2.20. The Morgan fingerprint density at radius 1 is 1.55 bits per heavy atom. The zero-order valence-corrected chi connectivity index (χ0v) is 6.25. The van der Waals surface area contributed by atoms with E-state index in [-0.39, 0.29) is 0 Å². The molecule has 0 saturated carbocycles. The van der Waals surface area contributed by atoms with Crippen LogP contribution >= 0.6 is 0 Å². The normalized spacial score (nSPS) is 17.8. The topological polar surface area (TPSA) is 50.9 Å². The summed E-state index contributed by atoms with van der Waals surface area (Å²) in [5.74, 6) is 1.27. The van der Waals surface area contributed by atoms with Crippen LogP contribution in [0.4, 0.5) is 5.82 Å². The van der Waals surface area contributed by atoms with Gasteiger partial charge in [-0.25, -0.2) is 4.98 Å². The van der Waals surface area contributed by atoms with Gasteiger partial charge in [0, 0.05) is 25.2 Å². The Kier molecular flexibility index (Phi) is 1.51. The minimum absolute atomic E-state index is 0.587. The van der Waals surface area contributed by atoms with Gasteiger partial charge < -0.3 is 11.1 Å². The average Bonchev–Trinajstić information content (AvgIpc) is 1.90. The monoisotopic (exact) mass is 149 g/mol. The summed E-state index contributed by atoms with van der Waals surface area (Å²) in [6.07, 6.45) is 1.73. The summed E-state index contributed by atoms with van der Waals surface area (Å²) in [7, 11) is 0. The highest BCUT2D eigenvalue weighted by Crippen LogP contribution is 2.22. The summed E-state index contributed by atoms with van der Waals surface area (Å²) in [5.41, 5.74) is 6.88. The zero-order chi connectivity index (χ0) is 7.68. The standard InChI is InChI=1S/C8H11N3/c9-8-7(2-1-3-11-8)6-4-10-5-6/h1-3,6,10H,4-5H2,(H2,9,11). The van der Waals surface area contributed by atoms with E-state index in [4.69, 9.17) is 5.73 Å². The molecule has 1 aliphatic rings. The molecule has 0 radical (unpaired) electrons. The second-order valence-corrected chi connectivity index (χ2v) is 2.83. The molecule has 0 spiro atoms. The number of nitrogens with two attached hydrogens (primary N) is 1. The molecule has 1 aromatic heterocycles. The molecule has 11 heavy (non-hydrogen) atoms. The average molecular weight is 149 g/mol. The predicted molar refractivity (Wildman–Crippen MR) is 44.3 cm³/mol. The molecule has 1 aliphatic heterocycles. The number of rotatable bonds is 1. The molecule has 0 bridgehead atoms. The number of hydrogen-bond donors (Lipinski definition) is 2. The summed E-state index contributed by atoms with van der Waals surface area (Å²) in [5, 5.41) is 3.20. The predicted octanol–water partition coefficient (Wildman–Crippen LogP) is 0.351. The number of anilines is 1. The molecule has 1 aromatic rings. The third-order valence-corrected chi connectivity index (χ3v) is 2.09. The maximum absolute atomic E-state index is 5.69. The van der Waals surface area contributed by atoms with Crippen molar-refractivity contribution < 1.29 is 0 Å². The van der Waals surface area contributed by atoms with Gasteiger partial charge >= 0.3 is 0 Å². The van der Waals surface area contributed by atoms with Gasteiger partial charge in [0.15, 0.2) is 0 Å². The van der Waals surface area contributed by atoms with E-state index in [0.29, 0.717) is 11.7 Å². The number of hydrogen-bond acceptors (Lipinski definition) is 3. The molecular weight excluding hydrogens is 138 g/mol. The van der Waals surface area contributed by atoms with Gasteiger partial charge in [0.2, 0.25) is 0 Å². The molecule has 3 N–H and O–H groups in total. The highest BCUT2D eigenvalue weighted by atomic mass is 15.0. The van der Waals surface area contributed by atoms with Gasteiger partial charge in [-0.2, -0.15) is 0 Å². The largest absolute Gasteiger partial charge is 0.383 e. The van der Waals surface area contributed by atoms with Gasteiger partial charge in [0.25, 0.3) is 0 Å². The molecule has 1 fully saturated rings. The van der Waals surface area contributed by atoms with Crippen LogP contribution in [0.5, 0.6) is 0 Å². The number of nitrogens with zero attached hydrogens (tertiary/aromatic N) is 1. The van der Waals surface area contributed by atoms with Crippen molar-refractivity contribution in [2.24, 2.45) is 0 Å². The Labute approximate surface area is 65.6 Å². The van der Waals surface area contributed by atoms with Crippen molar-refractivity contribution in [1.29, 1.82) is 0 Å². The summed E-state index contributed by atoms with van der Waals surface area (Å²) < 4.78 is 0. The van der Waals surface area contributed by atoms with E-state index in [1.54, 1.807) is 6.20 Å². The van der Waals surface area contributed by atoms with Crippen LogP contribution in [0.3, 0.4) is 0 Å². The van der Waals surface area contributed by atoms with Crippen molar-refractivity contribution in [2.75, 3.05) is 18.8 Å².